The number of thiocarbonyl (C=S) groups is 1. The highest BCUT2D eigenvalue weighted by molar-refractivity contribution is 8.26. The average Bonchev–Trinajstić information content (AvgIpc) is 3.14. The Hall–Kier alpha value is -2.16. The number of hydrogen-bond donors (Lipinski definition) is 0. The molecule has 2 heterocycles. The number of para-hydroxylation sites is 1. The van der Waals surface area contributed by atoms with E-state index in [4.69, 9.17) is 17.0 Å². The Morgan fingerprint density at radius 1 is 1.11 bits per heavy atom. The van der Waals surface area contributed by atoms with Crippen molar-refractivity contribution in [2.75, 3.05) is 11.5 Å². The van der Waals surface area contributed by atoms with E-state index in [1.807, 2.05) is 54.6 Å². The van der Waals surface area contributed by atoms with Crippen LogP contribution in [0, 0.1) is 0 Å². The van der Waals surface area contributed by atoms with Crippen molar-refractivity contribution >= 4 is 50.1 Å². The van der Waals surface area contributed by atoms with Gasteiger partial charge in [0.25, 0.3) is 5.91 Å². The summed E-state index contributed by atoms with van der Waals surface area (Å²) in [5.41, 5.74) is 0.813. The van der Waals surface area contributed by atoms with E-state index in [1.165, 1.54) is 16.7 Å². The summed E-state index contributed by atoms with van der Waals surface area (Å²) in [5, 5.41) is 0. The fourth-order valence-corrected chi connectivity index (χ4v) is 6.32. The number of rotatable bonds is 4. The number of carbonyl (C=O) groups excluding carboxylic acids is 1. The number of carbonyl (C=O) groups is 1. The molecule has 1 amide bonds. The highest BCUT2D eigenvalue weighted by Gasteiger charge is 2.42. The van der Waals surface area contributed by atoms with Crippen LogP contribution in [0.4, 0.5) is 0 Å². The van der Waals surface area contributed by atoms with Gasteiger partial charge in [0.1, 0.15) is 15.8 Å². The quantitative estimate of drug-likeness (QED) is 0.541. The molecule has 0 aliphatic carbocycles. The summed E-state index contributed by atoms with van der Waals surface area (Å²) in [6.45, 7) is 0. The van der Waals surface area contributed by atoms with Crippen molar-refractivity contribution in [2.24, 2.45) is 0 Å². The molecule has 5 nitrogen and oxygen atoms in total. The fraction of sp³-hybridized carbons (Fsp3) is 0.200. The highest BCUT2D eigenvalue weighted by atomic mass is 32.2. The first kappa shape index (κ1) is 19.2. The molecule has 4 rings (SSSR count). The van der Waals surface area contributed by atoms with E-state index in [1.54, 1.807) is 6.08 Å². The van der Waals surface area contributed by atoms with E-state index >= 15 is 0 Å². The zero-order chi connectivity index (χ0) is 19.7. The van der Waals surface area contributed by atoms with Crippen molar-refractivity contribution in [3.8, 4) is 11.5 Å². The van der Waals surface area contributed by atoms with Crippen LogP contribution < -0.4 is 4.74 Å². The molecular weight excluding hydrogens is 414 g/mol. The predicted octanol–water partition coefficient (Wildman–Crippen LogP) is 3.87. The molecule has 0 bridgehead atoms. The first-order valence-electron chi connectivity index (χ1n) is 8.72. The first-order chi connectivity index (χ1) is 13.4. The Balaban J connectivity index is 1.54. The van der Waals surface area contributed by atoms with Gasteiger partial charge in [0, 0.05) is 0 Å². The van der Waals surface area contributed by atoms with Gasteiger partial charge in [-0.1, -0.05) is 54.3 Å². The molecule has 2 fully saturated rings. The maximum Gasteiger partial charge on any atom is 0.266 e. The van der Waals surface area contributed by atoms with E-state index in [0.717, 1.165) is 11.3 Å². The van der Waals surface area contributed by atoms with Crippen LogP contribution in [0.5, 0.6) is 11.5 Å². The maximum absolute atomic E-state index is 12.8. The smallest absolute Gasteiger partial charge is 0.266 e. The van der Waals surface area contributed by atoms with Gasteiger partial charge < -0.3 is 4.74 Å². The monoisotopic (exact) mass is 431 g/mol. The maximum atomic E-state index is 12.8. The summed E-state index contributed by atoms with van der Waals surface area (Å²) >= 11 is 6.55. The molecule has 28 heavy (non-hydrogen) atoms. The number of ether oxygens (including phenoxy) is 1. The molecule has 2 aliphatic heterocycles. The average molecular weight is 432 g/mol. The molecule has 0 saturated carbocycles. The third-order valence-electron chi connectivity index (χ3n) is 4.53. The minimum atomic E-state index is -3.09. The predicted molar refractivity (Wildman–Crippen MR) is 115 cm³/mol. The summed E-state index contributed by atoms with van der Waals surface area (Å²) in [5.74, 6) is 1.25. The Labute approximate surface area is 173 Å². The summed E-state index contributed by atoms with van der Waals surface area (Å²) in [6, 6.07) is 16.5. The van der Waals surface area contributed by atoms with Crippen LogP contribution in [-0.2, 0) is 14.6 Å². The highest BCUT2D eigenvalue weighted by Crippen LogP contribution is 2.36. The lowest BCUT2D eigenvalue weighted by Gasteiger charge is -2.20. The number of hydrogen-bond acceptors (Lipinski definition) is 6. The third-order valence-corrected chi connectivity index (χ3v) is 7.61. The van der Waals surface area contributed by atoms with E-state index < -0.39 is 9.84 Å². The minimum absolute atomic E-state index is 0.0207. The van der Waals surface area contributed by atoms with E-state index in [2.05, 4.69) is 0 Å². The topological polar surface area (TPSA) is 63.7 Å². The van der Waals surface area contributed by atoms with E-state index in [-0.39, 0.29) is 23.5 Å². The molecule has 2 aromatic carbocycles. The van der Waals surface area contributed by atoms with E-state index in [0.29, 0.717) is 21.4 Å². The van der Waals surface area contributed by atoms with Gasteiger partial charge in [-0.3, -0.25) is 9.69 Å². The zero-order valence-corrected chi connectivity index (χ0v) is 17.2. The van der Waals surface area contributed by atoms with Gasteiger partial charge in [0.05, 0.1) is 22.5 Å². The van der Waals surface area contributed by atoms with Crippen molar-refractivity contribution < 1.29 is 17.9 Å². The molecular formula is C20H17NO4S3. The molecule has 0 aromatic heterocycles. The summed E-state index contributed by atoms with van der Waals surface area (Å²) in [4.78, 5) is 14.8. The second-order valence-corrected chi connectivity index (χ2v) is 10.5. The summed E-state index contributed by atoms with van der Waals surface area (Å²) in [7, 11) is -3.09. The lowest BCUT2D eigenvalue weighted by Crippen LogP contribution is -2.39. The van der Waals surface area contributed by atoms with Gasteiger partial charge in [-0.2, -0.15) is 0 Å². The molecule has 2 saturated heterocycles. The van der Waals surface area contributed by atoms with Gasteiger partial charge in [-0.25, -0.2) is 8.42 Å². The van der Waals surface area contributed by atoms with Crippen molar-refractivity contribution in [1.82, 2.24) is 4.90 Å². The van der Waals surface area contributed by atoms with Crippen LogP contribution in [-0.4, -0.2) is 41.1 Å². The van der Waals surface area contributed by atoms with Crippen molar-refractivity contribution in [2.45, 2.75) is 12.5 Å². The second kappa shape index (κ2) is 7.69. The molecule has 8 heteroatoms. The van der Waals surface area contributed by atoms with Gasteiger partial charge in [-0.05, 0) is 42.3 Å². The Bertz CT molecular complexity index is 1060. The third kappa shape index (κ3) is 4.14. The van der Waals surface area contributed by atoms with Crippen LogP contribution in [0.3, 0.4) is 0 Å². The van der Waals surface area contributed by atoms with Crippen molar-refractivity contribution in [1.29, 1.82) is 0 Å². The summed E-state index contributed by atoms with van der Waals surface area (Å²) in [6.07, 6.45) is 2.20. The number of nitrogens with zero attached hydrogens (tertiary/aromatic N) is 1. The van der Waals surface area contributed by atoms with Gasteiger partial charge >= 0.3 is 0 Å². The van der Waals surface area contributed by atoms with Crippen LogP contribution >= 0.6 is 24.0 Å². The molecule has 0 radical (unpaired) electrons. The fourth-order valence-electron chi connectivity index (χ4n) is 3.22. The number of thioether (sulfide) groups is 1. The van der Waals surface area contributed by atoms with Crippen LogP contribution in [0.25, 0.3) is 6.08 Å². The minimum Gasteiger partial charge on any atom is -0.457 e. The molecule has 144 valence electrons. The van der Waals surface area contributed by atoms with Crippen molar-refractivity contribution in [3.05, 3.63) is 65.1 Å². The number of benzene rings is 2. The lowest BCUT2D eigenvalue weighted by atomic mass is 10.2. The zero-order valence-electron chi connectivity index (χ0n) is 14.8. The Kier molecular flexibility index (Phi) is 5.27. The second-order valence-electron chi connectivity index (χ2n) is 6.60. The standard InChI is InChI=1S/C20H17NO4S3/c22-19-18(27-20(26)21(19)15-9-10-28(23,24)13-15)12-14-5-4-8-17(11-14)25-16-6-2-1-3-7-16/h1-8,11-12,15H,9-10,13H2/b18-12-/t15-/m0/s1. The number of amides is 1. The molecule has 0 N–H and O–H groups in total. The number of sulfone groups is 1. The molecule has 2 aliphatic rings. The molecule has 2 aromatic rings. The molecule has 0 unspecified atom stereocenters. The SMILES string of the molecule is O=C1/C(=C/c2cccc(Oc3ccccc3)c2)SC(=S)N1[C@H]1CCS(=O)(=O)C1. The lowest BCUT2D eigenvalue weighted by molar-refractivity contribution is -0.123. The first-order valence-corrected chi connectivity index (χ1v) is 11.8. The molecule has 0 spiro atoms. The Morgan fingerprint density at radius 2 is 1.86 bits per heavy atom. The van der Waals surface area contributed by atoms with Gasteiger partial charge in [0.2, 0.25) is 0 Å². The summed E-state index contributed by atoms with van der Waals surface area (Å²) < 4.78 is 29.8. The molecule has 1 atom stereocenters. The van der Waals surface area contributed by atoms with Gasteiger partial charge in [0.15, 0.2) is 9.84 Å². The van der Waals surface area contributed by atoms with Crippen LogP contribution in [0.15, 0.2) is 59.5 Å². The van der Waals surface area contributed by atoms with Gasteiger partial charge in [-0.15, -0.1) is 0 Å². The van der Waals surface area contributed by atoms with Crippen LogP contribution in [0.2, 0.25) is 0 Å². The normalized spacial score (nSPS) is 22.8. The van der Waals surface area contributed by atoms with Crippen LogP contribution in [0.1, 0.15) is 12.0 Å². The van der Waals surface area contributed by atoms with Crippen molar-refractivity contribution in [3.63, 3.8) is 0 Å². The largest absolute Gasteiger partial charge is 0.457 e. The Morgan fingerprint density at radius 3 is 2.57 bits per heavy atom. The van der Waals surface area contributed by atoms with E-state index in [9.17, 15) is 13.2 Å².